The van der Waals surface area contributed by atoms with Crippen molar-refractivity contribution < 1.29 is 19.1 Å². The van der Waals surface area contributed by atoms with Crippen molar-refractivity contribution in [2.75, 3.05) is 5.32 Å². The lowest BCUT2D eigenvalue weighted by Gasteiger charge is -2.24. The normalized spacial score (nSPS) is 20.2. The van der Waals surface area contributed by atoms with Crippen LogP contribution in [0.2, 0.25) is 0 Å². The van der Waals surface area contributed by atoms with E-state index in [1.807, 2.05) is 51.1 Å². The summed E-state index contributed by atoms with van der Waals surface area (Å²) in [5, 5.41) is 5.89. The Morgan fingerprint density at radius 1 is 1.12 bits per heavy atom. The molecule has 2 aliphatic rings. The molecule has 2 unspecified atom stereocenters. The summed E-state index contributed by atoms with van der Waals surface area (Å²) in [5.41, 5.74) is 3.33. The largest absolute Gasteiger partial charge is 0.438 e. The third-order valence-corrected chi connectivity index (χ3v) is 5.76. The molecule has 0 bridgehead atoms. The van der Waals surface area contributed by atoms with E-state index in [-0.39, 0.29) is 30.3 Å². The van der Waals surface area contributed by atoms with Crippen LogP contribution in [0.15, 0.2) is 48.5 Å². The van der Waals surface area contributed by atoms with E-state index in [2.05, 4.69) is 10.6 Å². The van der Waals surface area contributed by atoms with Crippen LogP contribution in [0, 0.1) is 12.8 Å². The van der Waals surface area contributed by atoms with Crippen molar-refractivity contribution in [1.29, 1.82) is 0 Å². The maximum atomic E-state index is 13.2. The molecule has 4 rings (SSSR count). The predicted molar refractivity (Wildman–Crippen MR) is 121 cm³/mol. The second-order valence-electron chi connectivity index (χ2n) is 8.91. The van der Waals surface area contributed by atoms with Crippen LogP contribution < -0.4 is 10.6 Å². The van der Waals surface area contributed by atoms with E-state index in [9.17, 15) is 14.4 Å². The number of ether oxygens (including phenoxy) is 1. The summed E-state index contributed by atoms with van der Waals surface area (Å²) in [6, 6.07) is 14.4. The third-order valence-electron chi connectivity index (χ3n) is 5.76. The van der Waals surface area contributed by atoms with Crippen LogP contribution in [-0.4, -0.2) is 34.9 Å². The zero-order valence-corrected chi connectivity index (χ0v) is 18.6. The van der Waals surface area contributed by atoms with Crippen LogP contribution in [0.1, 0.15) is 49.5 Å². The highest BCUT2D eigenvalue weighted by atomic mass is 16.6. The molecule has 2 N–H and O–H groups in total. The molecule has 0 radical (unpaired) electrons. The van der Waals surface area contributed by atoms with Gasteiger partial charge in [0.15, 0.2) is 12.1 Å². The van der Waals surface area contributed by atoms with Gasteiger partial charge in [-0.05, 0) is 43.0 Å². The van der Waals surface area contributed by atoms with Crippen LogP contribution in [0.3, 0.4) is 0 Å². The minimum atomic E-state index is -0.791. The molecule has 0 aromatic heterocycles. The molecule has 1 aliphatic heterocycles. The number of hydrogen-bond donors (Lipinski definition) is 2. The summed E-state index contributed by atoms with van der Waals surface area (Å²) >= 11 is 0. The molecule has 2 aromatic rings. The fourth-order valence-corrected chi connectivity index (χ4v) is 3.69. The molecule has 1 heterocycles. The standard InChI is InChI=1S/C25H29N3O4/c1-15(2)23(29)27-20-6-4-5-18(13-20)22-21(24(30)26-19-11-12-19)28(25(31)32-22)14-17-9-7-16(3)8-10-17/h4-10,13,15,19,21-22H,11-12,14H2,1-3H3,(H,26,30)(H,27,29). The highest BCUT2D eigenvalue weighted by Crippen LogP contribution is 2.35. The summed E-state index contributed by atoms with van der Waals surface area (Å²) in [7, 11) is 0. The zero-order valence-electron chi connectivity index (χ0n) is 18.6. The summed E-state index contributed by atoms with van der Waals surface area (Å²) in [6.45, 7) is 5.92. The topological polar surface area (TPSA) is 87.7 Å². The Morgan fingerprint density at radius 2 is 1.84 bits per heavy atom. The lowest BCUT2D eigenvalue weighted by molar-refractivity contribution is -0.126. The molecule has 0 spiro atoms. The summed E-state index contributed by atoms with van der Waals surface area (Å²) < 4.78 is 5.71. The third kappa shape index (κ3) is 4.93. The monoisotopic (exact) mass is 435 g/mol. The van der Waals surface area contributed by atoms with Crippen LogP contribution in [0.4, 0.5) is 10.5 Å². The molecule has 2 atom stereocenters. The van der Waals surface area contributed by atoms with Gasteiger partial charge in [-0.1, -0.05) is 55.8 Å². The lowest BCUT2D eigenvalue weighted by Crippen LogP contribution is -2.46. The van der Waals surface area contributed by atoms with Crippen LogP contribution in [-0.2, 0) is 20.9 Å². The number of nitrogens with one attached hydrogen (secondary N) is 2. The van der Waals surface area contributed by atoms with Crippen molar-refractivity contribution in [2.24, 2.45) is 5.92 Å². The molecule has 7 nitrogen and oxygen atoms in total. The highest BCUT2D eigenvalue weighted by Gasteiger charge is 2.48. The molecule has 1 saturated carbocycles. The Hall–Kier alpha value is -3.35. The number of carbonyl (C=O) groups is 3. The molecule has 7 heteroatoms. The molecule has 3 amide bonds. The summed E-state index contributed by atoms with van der Waals surface area (Å²) in [4.78, 5) is 39.6. The minimum Gasteiger partial charge on any atom is -0.438 e. The van der Waals surface area contributed by atoms with Gasteiger partial charge in [-0.15, -0.1) is 0 Å². The van der Waals surface area contributed by atoms with E-state index in [1.54, 1.807) is 18.2 Å². The Labute approximate surface area is 188 Å². The molecule has 1 aliphatic carbocycles. The highest BCUT2D eigenvalue weighted by molar-refractivity contribution is 5.92. The van der Waals surface area contributed by atoms with Crippen molar-refractivity contribution in [3.8, 4) is 0 Å². The molecule has 1 saturated heterocycles. The van der Waals surface area contributed by atoms with Gasteiger partial charge in [-0.2, -0.15) is 0 Å². The average Bonchev–Trinajstić information content (AvgIpc) is 3.51. The first-order chi connectivity index (χ1) is 15.3. The second kappa shape index (κ2) is 9.02. The molecule has 32 heavy (non-hydrogen) atoms. The van der Waals surface area contributed by atoms with E-state index in [4.69, 9.17) is 4.74 Å². The van der Waals surface area contributed by atoms with Gasteiger partial charge in [0.2, 0.25) is 11.8 Å². The average molecular weight is 436 g/mol. The number of amides is 3. The minimum absolute atomic E-state index is 0.102. The molecule has 2 fully saturated rings. The number of cyclic esters (lactones) is 1. The fraction of sp³-hybridized carbons (Fsp3) is 0.400. The van der Waals surface area contributed by atoms with Gasteiger partial charge in [0, 0.05) is 17.6 Å². The number of benzene rings is 2. The van der Waals surface area contributed by atoms with E-state index in [1.165, 1.54) is 4.90 Å². The van der Waals surface area contributed by atoms with Gasteiger partial charge in [0.05, 0.1) is 6.54 Å². The van der Waals surface area contributed by atoms with Crippen molar-refractivity contribution in [3.05, 3.63) is 65.2 Å². The quantitative estimate of drug-likeness (QED) is 0.690. The van der Waals surface area contributed by atoms with E-state index < -0.39 is 18.2 Å². The Morgan fingerprint density at radius 3 is 2.50 bits per heavy atom. The van der Waals surface area contributed by atoms with Crippen LogP contribution >= 0.6 is 0 Å². The zero-order chi connectivity index (χ0) is 22.8. The van der Waals surface area contributed by atoms with Crippen molar-refractivity contribution >= 4 is 23.6 Å². The maximum Gasteiger partial charge on any atom is 0.411 e. The van der Waals surface area contributed by atoms with Crippen LogP contribution in [0.5, 0.6) is 0 Å². The van der Waals surface area contributed by atoms with Crippen LogP contribution in [0.25, 0.3) is 0 Å². The van der Waals surface area contributed by atoms with E-state index in [0.29, 0.717) is 11.3 Å². The SMILES string of the molecule is Cc1ccc(CN2C(=O)OC(c3cccc(NC(=O)C(C)C)c3)C2C(=O)NC2CC2)cc1. The Kier molecular flexibility index (Phi) is 6.17. The van der Waals surface area contributed by atoms with Gasteiger partial charge in [-0.25, -0.2) is 4.79 Å². The Bertz CT molecular complexity index is 1010. The maximum absolute atomic E-state index is 13.2. The number of anilines is 1. The number of aryl methyl sites for hydroxylation is 1. The van der Waals surface area contributed by atoms with Gasteiger partial charge in [-0.3, -0.25) is 14.5 Å². The first kappa shape index (κ1) is 21.9. The van der Waals surface area contributed by atoms with Gasteiger partial charge in [0.25, 0.3) is 0 Å². The first-order valence-electron chi connectivity index (χ1n) is 11.1. The van der Waals surface area contributed by atoms with Crippen molar-refractivity contribution in [1.82, 2.24) is 10.2 Å². The van der Waals surface area contributed by atoms with Gasteiger partial charge >= 0.3 is 6.09 Å². The number of rotatable bonds is 7. The van der Waals surface area contributed by atoms with Gasteiger partial charge in [0.1, 0.15) is 0 Å². The fourth-order valence-electron chi connectivity index (χ4n) is 3.69. The van der Waals surface area contributed by atoms with E-state index >= 15 is 0 Å². The number of nitrogens with zero attached hydrogens (tertiary/aromatic N) is 1. The van der Waals surface area contributed by atoms with Crippen molar-refractivity contribution in [2.45, 2.75) is 58.3 Å². The number of carbonyl (C=O) groups excluding carboxylic acids is 3. The smallest absolute Gasteiger partial charge is 0.411 e. The predicted octanol–water partition coefficient (Wildman–Crippen LogP) is 3.93. The van der Waals surface area contributed by atoms with Gasteiger partial charge < -0.3 is 15.4 Å². The molecular formula is C25H29N3O4. The summed E-state index contributed by atoms with van der Waals surface area (Å²) in [5.74, 6) is -0.480. The molecule has 2 aromatic carbocycles. The number of hydrogen-bond acceptors (Lipinski definition) is 4. The molecule has 168 valence electrons. The second-order valence-corrected chi connectivity index (χ2v) is 8.91. The first-order valence-corrected chi connectivity index (χ1v) is 11.1. The Balaban J connectivity index is 1.61. The van der Waals surface area contributed by atoms with E-state index in [0.717, 1.165) is 24.0 Å². The summed E-state index contributed by atoms with van der Waals surface area (Å²) in [6.07, 6.45) is 0.616. The van der Waals surface area contributed by atoms with Crippen molar-refractivity contribution in [3.63, 3.8) is 0 Å². The lowest BCUT2D eigenvalue weighted by atomic mass is 10.00. The molecular weight excluding hydrogens is 406 g/mol.